The second-order valence-electron chi connectivity index (χ2n) is 0.823. The fraction of sp³-hybridized carbons (Fsp3) is 1.00. The quantitative estimate of drug-likeness (QED) is 0.244. The first kappa shape index (κ1) is 8.46. The van der Waals surface area contributed by atoms with Crippen LogP contribution in [-0.2, 0) is 14.1 Å². The van der Waals surface area contributed by atoms with Crippen LogP contribution in [0.4, 0.5) is 0 Å². The smallest absolute Gasteiger partial charge is 0.186 e. The zero-order valence-corrected chi connectivity index (χ0v) is 6.39. The number of hydrogen-bond donors (Lipinski definition) is 1. The molecule has 0 aromatic heterocycles. The van der Waals surface area contributed by atoms with Crippen molar-refractivity contribution in [2.75, 3.05) is 11.9 Å². The molecule has 0 aliphatic carbocycles. The molecule has 1 atom stereocenters. The zero-order valence-electron chi connectivity index (χ0n) is 3.91. The van der Waals surface area contributed by atoms with E-state index in [-0.39, 0.29) is 6.61 Å². The van der Waals surface area contributed by atoms with Gasteiger partial charge in [-0.05, 0) is 0 Å². The standard InChI is InChI=1S/C2H4BrO4P/c3-1-2-6-7-8(4)5/h1-2H2/p+1. The lowest BCUT2D eigenvalue weighted by Crippen LogP contribution is -1.90. The van der Waals surface area contributed by atoms with Gasteiger partial charge in [-0.2, -0.15) is 4.89 Å². The third-order valence-corrected chi connectivity index (χ3v) is 0.834. The summed E-state index contributed by atoms with van der Waals surface area (Å²) in [7, 11) is -2.61. The van der Waals surface area contributed by atoms with Crippen molar-refractivity contribution in [1.29, 1.82) is 0 Å². The van der Waals surface area contributed by atoms with Crippen LogP contribution in [-0.4, -0.2) is 16.8 Å². The summed E-state index contributed by atoms with van der Waals surface area (Å²) in [5, 5.41) is 0.580. The van der Waals surface area contributed by atoms with Gasteiger partial charge >= 0.3 is 8.25 Å². The Kier molecular flexibility index (Phi) is 5.92. The average Bonchev–Trinajstić information content (AvgIpc) is 1.66. The molecule has 6 heteroatoms. The molecule has 48 valence electrons. The molecule has 4 nitrogen and oxygen atoms in total. The van der Waals surface area contributed by atoms with E-state index >= 15 is 0 Å². The van der Waals surface area contributed by atoms with E-state index in [4.69, 9.17) is 4.89 Å². The highest BCUT2D eigenvalue weighted by Crippen LogP contribution is 2.13. The van der Waals surface area contributed by atoms with Crippen molar-refractivity contribution < 1.29 is 19.0 Å². The Morgan fingerprint density at radius 3 is 2.75 bits per heavy atom. The fourth-order valence-electron chi connectivity index (χ4n) is 0.114. The fourth-order valence-corrected chi connectivity index (χ4v) is 0.411. The van der Waals surface area contributed by atoms with E-state index in [9.17, 15) is 4.57 Å². The van der Waals surface area contributed by atoms with Crippen molar-refractivity contribution in [2.24, 2.45) is 0 Å². The van der Waals surface area contributed by atoms with Crippen molar-refractivity contribution in [3.8, 4) is 0 Å². The number of rotatable bonds is 4. The summed E-state index contributed by atoms with van der Waals surface area (Å²) in [5.41, 5.74) is 0. The molecule has 0 heterocycles. The topological polar surface area (TPSA) is 55.8 Å². The van der Waals surface area contributed by atoms with Gasteiger partial charge in [0.15, 0.2) is 0 Å². The predicted molar refractivity (Wildman–Crippen MR) is 30.7 cm³/mol. The number of halogens is 1. The molecule has 8 heavy (non-hydrogen) atoms. The van der Waals surface area contributed by atoms with Crippen molar-refractivity contribution in [1.82, 2.24) is 0 Å². The van der Waals surface area contributed by atoms with E-state index in [0.29, 0.717) is 5.33 Å². The molecule has 0 saturated heterocycles. The van der Waals surface area contributed by atoms with Gasteiger partial charge in [-0.3, -0.25) is 0 Å². The van der Waals surface area contributed by atoms with Crippen LogP contribution in [0.25, 0.3) is 0 Å². The van der Waals surface area contributed by atoms with Crippen molar-refractivity contribution >= 4 is 24.2 Å². The molecule has 0 spiro atoms. The van der Waals surface area contributed by atoms with E-state index in [1.54, 1.807) is 0 Å². The molecular weight excluding hydrogens is 199 g/mol. The first-order valence-electron chi connectivity index (χ1n) is 1.79. The van der Waals surface area contributed by atoms with Crippen LogP contribution in [0.1, 0.15) is 0 Å². The monoisotopic (exact) mass is 203 g/mol. The highest BCUT2D eigenvalue weighted by atomic mass is 79.9. The molecule has 0 fully saturated rings. The second kappa shape index (κ2) is 5.59. The normalized spacial score (nSPS) is 11.5. The summed E-state index contributed by atoms with van der Waals surface area (Å²) < 4.78 is 13.5. The van der Waals surface area contributed by atoms with Gasteiger partial charge in [0.1, 0.15) is 0 Å². The molecule has 0 saturated carbocycles. The first-order chi connectivity index (χ1) is 3.77. The Morgan fingerprint density at radius 2 is 2.38 bits per heavy atom. The van der Waals surface area contributed by atoms with Crippen molar-refractivity contribution in [3.05, 3.63) is 0 Å². The molecule has 0 aromatic carbocycles. The third-order valence-electron chi connectivity index (χ3n) is 0.277. The predicted octanol–water partition coefficient (Wildman–Crippen LogP) is 0.979. The van der Waals surface area contributed by atoms with Gasteiger partial charge in [0.2, 0.25) is 0 Å². The zero-order chi connectivity index (χ0) is 6.41. The Hall–Kier alpha value is 0.460. The van der Waals surface area contributed by atoms with Gasteiger partial charge in [0, 0.05) is 9.90 Å². The molecule has 0 amide bonds. The molecule has 0 radical (unpaired) electrons. The summed E-state index contributed by atoms with van der Waals surface area (Å²) in [5.74, 6) is 0. The number of alkyl halides is 1. The van der Waals surface area contributed by atoms with Gasteiger partial charge in [0.05, 0.1) is 11.3 Å². The van der Waals surface area contributed by atoms with Gasteiger partial charge < -0.3 is 0 Å². The largest absolute Gasteiger partial charge is 0.725 e. The highest BCUT2D eigenvalue weighted by molar-refractivity contribution is 9.09. The summed E-state index contributed by atoms with van der Waals surface area (Å²) in [4.78, 5) is 12.1. The van der Waals surface area contributed by atoms with E-state index < -0.39 is 8.25 Å². The lowest BCUT2D eigenvalue weighted by atomic mass is 10.9. The van der Waals surface area contributed by atoms with Gasteiger partial charge in [-0.1, -0.05) is 15.9 Å². The summed E-state index contributed by atoms with van der Waals surface area (Å²) in [6, 6.07) is 0. The molecule has 0 rings (SSSR count). The SMILES string of the molecule is O=[P+](O)OOCCBr. The molecule has 0 aromatic rings. The summed E-state index contributed by atoms with van der Waals surface area (Å²) in [6.45, 7) is 0.266. The van der Waals surface area contributed by atoms with Crippen LogP contribution in [0.5, 0.6) is 0 Å². The van der Waals surface area contributed by atoms with E-state index in [1.165, 1.54) is 0 Å². The van der Waals surface area contributed by atoms with Gasteiger partial charge in [0.25, 0.3) is 0 Å². The van der Waals surface area contributed by atoms with E-state index in [1.807, 2.05) is 0 Å². The Bertz CT molecular complexity index is 76.4. The van der Waals surface area contributed by atoms with E-state index in [0.717, 1.165) is 0 Å². The lowest BCUT2D eigenvalue weighted by Gasteiger charge is -1.83. The van der Waals surface area contributed by atoms with Crippen LogP contribution >= 0.6 is 24.2 Å². The average molecular weight is 204 g/mol. The van der Waals surface area contributed by atoms with Crippen LogP contribution in [0, 0.1) is 0 Å². The molecule has 0 bridgehead atoms. The Labute approximate surface area is 55.8 Å². The third kappa shape index (κ3) is 6.46. The summed E-state index contributed by atoms with van der Waals surface area (Å²) >= 11 is 3.02. The summed E-state index contributed by atoms with van der Waals surface area (Å²) in [6.07, 6.45) is 0. The Morgan fingerprint density at radius 1 is 1.75 bits per heavy atom. The lowest BCUT2D eigenvalue weighted by molar-refractivity contribution is -0.201. The van der Waals surface area contributed by atoms with Crippen LogP contribution in [0.2, 0.25) is 0 Å². The Balaban J connectivity index is 2.82. The first-order valence-corrected chi connectivity index (χ1v) is 4.04. The number of hydrogen-bond acceptors (Lipinski definition) is 3. The van der Waals surface area contributed by atoms with Gasteiger partial charge in [-0.15, -0.1) is 4.89 Å². The minimum atomic E-state index is -2.61. The minimum absolute atomic E-state index is 0.266. The minimum Gasteiger partial charge on any atom is -0.186 e. The highest BCUT2D eigenvalue weighted by Gasteiger charge is 2.11. The van der Waals surface area contributed by atoms with Crippen LogP contribution < -0.4 is 0 Å². The maximum Gasteiger partial charge on any atom is 0.725 e. The molecule has 1 N–H and O–H groups in total. The van der Waals surface area contributed by atoms with E-state index in [2.05, 4.69) is 25.5 Å². The molecule has 0 aliphatic rings. The maximum atomic E-state index is 9.66. The second-order valence-corrected chi connectivity index (χ2v) is 2.24. The van der Waals surface area contributed by atoms with Crippen molar-refractivity contribution in [3.63, 3.8) is 0 Å². The van der Waals surface area contributed by atoms with Crippen molar-refractivity contribution in [2.45, 2.75) is 0 Å². The van der Waals surface area contributed by atoms with Gasteiger partial charge in [-0.25, -0.2) is 0 Å². The van der Waals surface area contributed by atoms with Crippen LogP contribution in [0.3, 0.4) is 0 Å². The molecule has 0 aliphatic heterocycles. The van der Waals surface area contributed by atoms with Crippen LogP contribution in [0.15, 0.2) is 0 Å². The molecule has 1 unspecified atom stereocenters. The maximum absolute atomic E-state index is 9.66. The molecular formula is C2H5BrO4P+.